The van der Waals surface area contributed by atoms with Crippen LogP contribution in [-0.2, 0) is 25.6 Å². The van der Waals surface area contributed by atoms with E-state index in [1.54, 1.807) is 11.6 Å². The number of nitrogens with zero attached hydrogens (tertiary/aromatic N) is 3. The number of alkyl halides is 3. The van der Waals surface area contributed by atoms with E-state index in [2.05, 4.69) is 10.1 Å². The zero-order valence-corrected chi connectivity index (χ0v) is 14.2. The van der Waals surface area contributed by atoms with E-state index in [4.69, 9.17) is 4.42 Å². The molecule has 140 valence electrons. The maximum Gasteiger partial charge on any atom is 0.417 e. The number of aryl methyl sites for hydroxylation is 2. The molecule has 3 heterocycles. The normalized spacial score (nSPS) is 13.3. The van der Waals surface area contributed by atoms with Crippen molar-refractivity contribution < 1.29 is 27.5 Å². The first-order valence-electron chi connectivity index (χ1n) is 8.18. The van der Waals surface area contributed by atoms with E-state index >= 15 is 0 Å². The van der Waals surface area contributed by atoms with Gasteiger partial charge in [0.2, 0.25) is 5.76 Å². The van der Waals surface area contributed by atoms with Crippen LogP contribution in [0.15, 0.2) is 28.9 Å². The fourth-order valence-corrected chi connectivity index (χ4v) is 3.30. The standard InChI is InChI=1S/C18H14F3N3O3/c1-9-14-13(27-16(9)17(25)26)5-2-10-7-24(23-15(10)14)8-12-4-3-11(6-22-12)18(19,20)21/h3-4,6-7H,2,5,8H2,1H3,(H,25,26). The van der Waals surface area contributed by atoms with Gasteiger partial charge in [0, 0.05) is 29.9 Å². The van der Waals surface area contributed by atoms with Crippen LogP contribution < -0.4 is 0 Å². The van der Waals surface area contributed by atoms with Gasteiger partial charge in [0.25, 0.3) is 0 Å². The van der Waals surface area contributed by atoms with Gasteiger partial charge in [-0.05, 0) is 31.0 Å². The number of carboxylic acid groups (broad SMARTS) is 1. The van der Waals surface area contributed by atoms with E-state index in [-0.39, 0.29) is 12.3 Å². The van der Waals surface area contributed by atoms with Crippen LogP contribution >= 0.6 is 0 Å². The number of carbonyl (C=O) groups is 1. The molecule has 0 fully saturated rings. The lowest BCUT2D eigenvalue weighted by atomic mass is 9.94. The Balaban J connectivity index is 1.65. The molecule has 3 aromatic heterocycles. The van der Waals surface area contributed by atoms with Gasteiger partial charge in [-0.1, -0.05) is 0 Å². The Morgan fingerprint density at radius 3 is 2.74 bits per heavy atom. The number of hydrogen-bond acceptors (Lipinski definition) is 4. The number of hydrogen-bond donors (Lipinski definition) is 1. The first-order chi connectivity index (χ1) is 12.7. The third kappa shape index (κ3) is 2.98. The second-order valence-corrected chi connectivity index (χ2v) is 6.40. The van der Waals surface area contributed by atoms with Gasteiger partial charge in [-0.25, -0.2) is 4.79 Å². The van der Waals surface area contributed by atoms with Crippen molar-refractivity contribution in [3.8, 4) is 11.3 Å². The lowest BCUT2D eigenvalue weighted by molar-refractivity contribution is -0.137. The molecule has 0 spiro atoms. The number of halogens is 3. The molecule has 0 aliphatic heterocycles. The van der Waals surface area contributed by atoms with Gasteiger partial charge >= 0.3 is 12.1 Å². The molecule has 0 amide bonds. The monoisotopic (exact) mass is 377 g/mol. The lowest BCUT2D eigenvalue weighted by Crippen LogP contribution is -2.07. The highest BCUT2D eigenvalue weighted by molar-refractivity contribution is 5.90. The van der Waals surface area contributed by atoms with E-state index in [1.165, 1.54) is 6.07 Å². The van der Waals surface area contributed by atoms with Gasteiger partial charge in [-0.3, -0.25) is 9.67 Å². The van der Waals surface area contributed by atoms with E-state index < -0.39 is 17.7 Å². The Labute approximate surface area is 151 Å². The Morgan fingerprint density at radius 2 is 2.11 bits per heavy atom. The van der Waals surface area contributed by atoms with Crippen molar-refractivity contribution in [1.29, 1.82) is 0 Å². The van der Waals surface area contributed by atoms with Crippen molar-refractivity contribution in [3.63, 3.8) is 0 Å². The zero-order valence-electron chi connectivity index (χ0n) is 14.2. The number of furan rings is 1. The van der Waals surface area contributed by atoms with Crippen LogP contribution in [0.1, 0.15) is 38.7 Å². The first-order valence-corrected chi connectivity index (χ1v) is 8.18. The highest BCUT2D eigenvalue weighted by Crippen LogP contribution is 2.38. The van der Waals surface area contributed by atoms with Gasteiger partial charge in [-0.15, -0.1) is 0 Å². The molecule has 6 nitrogen and oxygen atoms in total. The summed E-state index contributed by atoms with van der Waals surface area (Å²) in [5.41, 5.74) is 2.44. The molecule has 1 aliphatic carbocycles. The van der Waals surface area contributed by atoms with Crippen molar-refractivity contribution in [3.05, 3.63) is 58.4 Å². The van der Waals surface area contributed by atoms with E-state index in [0.29, 0.717) is 41.1 Å². The predicted octanol–water partition coefficient (Wildman–Crippen LogP) is 3.71. The first kappa shape index (κ1) is 17.3. The van der Waals surface area contributed by atoms with Crippen LogP contribution in [0.5, 0.6) is 0 Å². The van der Waals surface area contributed by atoms with Gasteiger partial charge in [0.05, 0.1) is 23.5 Å². The van der Waals surface area contributed by atoms with E-state index in [9.17, 15) is 23.1 Å². The molecule has 1 N–H and O–H groups in total. The average Bonchev–Trinajstić information content (AvgIpc) is 3.15. The SMILES string of the molecule is Cc1c(C(=O)O)oc2c1-c1nn(Cc3ccc(C(F)(F)F)cn3)cc1CC2. The van der Waals surface area contributed by atoms with Crippen molar-refractivity contribution in [2.75, 3.05) is 0 Å². The highest BCUT2D eigenvalue weighted by atomic mass is 19.4. The summed E-state index contributed by atoms with van der Waals surface area (Å²) < 4.78 is 45.0. The predicted molar refractivity (Wildman–Crippen MR) is 87.4 cm³/mol. The van der Waals surface area contributed by atoms with Crippen LogP contribution in [-0.4, -0.2) is 25.8 Å². The summed E-state index contributed by atoms with van der Waals surface area (Å²) in [4.78, 5) is 15.1. The fraction of sp³-hybridized carbons (Fsp3) is 0.278. The Kier molecular flexibility index (Phi) is 3.83. The Hall–Kier alpha value is -3.10. The minimum absolute atomic E-state index is 0.0909. The Bertz CT molecular complexity index is 1030. The lowest BCUT2D eigenvalue weighted by Gasteiger charge is -2.09. The van der Waals surface area contributed by atoms with Crippen LogP contribution in [0.3, 0.4) is 0 Å². The number of aromatic nitrogens is 3. The second-order valence-electron chi connectivity index (χ2n) is 6.40. The minimum atomic E-state index is -4.42. The number of rotatable bonds is 3. The molecule has 0 aromatic carbocycles. The van der Waals surface area contributed by atoms with Gasteiger partial charge in [0.15, 0.2) is 0 Å². The van der Waals surface area contributed by atoms with Crippen molar-refractivity contribution in [2.45, 2.75) is 32.5 Å². The third-order valence-electron chi connectivity index (χ3n) is 4.59. The molecule has 0 unspecified atom stereocenters. The maximum atomic E-state index is 12.6. The summed E-state index contributed by atoms with van der Waals surface area (Å²) in [6, 6.07) is 2.31. The number of pyridine rings is 1. The molecule has 0 bridgehead atoms. The van der Waals surface area contributed by atoms with Crippen molar-refractivity contribution >= 4 is 5.97 Å². The van der Waals surface area contributed by atoms with Crippen molar-refractivity contribution in [2.24, 2.45) is 0 Å². The molecule has 9 heteroatoms. The number of aromatic carboxylic acids is 1. The summed E-state index contributed by atoms with van der Waals surface area (Å²) in [5.74, 6) is -0.626. The van der Waals surface area contributed by atoms with E-state index in [0.717, 1.165) is 17.8 Å². The summed E-state index contributed by atoms with van der Waals surface area (Å²) in [5, 5.41) is 13.7. The Morgan fingerprint density at radius 1 is 1.33 bits per heavy atom. The van der Waals surface area contributed by atoms with E-state index in [1.807, 2.05) is 6.20 Å². The molecular weight excluding hydrogens is 363 g/mol. The molecule has 4 rings (SSSR count). The highest BCUT2D eigenvalue weighted by Gasteiger charge is 2.31. The van der Waals surface area contributed by atoms with Crippen LogP contribution in [0.2, 0.25) is 0 Å². The summed E-state index contributed by atoms with van der Waals surface area (Å²) in [6.07, 6.45) is -0.594. The molecule has 0 atom stereocenters. The topological polar surface area (TPSA) is 81.1 Å². The number of fused-ring (bicyclic) bond motifs is 3. The molecular formula is C18H14F3N3O3. The third-order valence-corrected chi connectivity index (χ3v) is 4.59. The molecule has 27 heavy (non-hydrogen) atoms. The summed E-state index contributed by atoms with van der Waals surface area (Å²) in [6.45, 7) is 1.89. The molecule has 0 saturated heterocycles. The van der Waals surface area contributed by atoms with Gasteiger partial charge in [-0.2, -0.15) is 18.3 Å². The van der Waals surface area contributed by atoms with Crippen LogP contribution in [0.4, 0.5) is 13.2 Å². The zero-order chi connectivity index (χ0) is 19.3. The molecule has 3 aromatic rings. The quantitative estimate of drug-likeness (QED) is 0.753. The maximum absolute atomic E-state index is 12.6. The van der Waals surface area contributed by atoms with Crippen molar-refractivity contribution in [1.82, 2.24) is 14.8 Å². The fourth-order valence-electron chi connectivity index (χ4n) is 3.30. The summed E-state index contributed by atoms with van der Waals surface area (Å²) >= 11 is 0. The number of carboxylic acids is 1. The van der Waals surface area contributed by atoms with Crippen LogP contribution in [0, 0.1) is 6.92 Å². The van der Waals surface area contributed by atoms with Gasteiger partial charge in [0.1, 0.15) is 5.76 Å². The molecule has 0 radical (unpaired) electrons. The molecule has 1 aliphatic rings. The minimum Gasteiger partial charge on any atom is -0.475 e. The average molecular weight is 377 g/mol. The van der Waals surface area contributed by atoms with Gasteiger partial charge < -0.3 is 9.52 Å². The van der Waals surface area contributed by atoms with Crippen LogP contribution in [0.25, 0.3) is 11.3 Å². The summed E-state index contributed by atoms with van der Waals surface area (Å²) in [7, 11) is 0. The largest absolute Gasteiger partial charge is 0.475 e. The molecule has 0 saturated carbocycles. The second kappa shape index (κ2) is 5.97. The smallest absolute Gasteiger partial charge is 0.417 e.